The molecule has 1 rings (SSSR count). The maximum atomic E-state index is 12.5. The molecule has 0 aromatic heterocycles. The van der Waals surface area contributed by atoms with E-state index in [1.807, 2.05) is 0 Å². The molecule has 1 atom stereocenters. The van der Waals surface area contributed by atoms with E-state index in [9.17, 15) is 19.8 Å². The average Bonchev–Trinajstić information content (AvgIpc) is 3.45. The molecule has 426 valence electrons. The van der Waals surface area contributed by atoms with Gasteiger partial charge in [0.15, 0.2) is 0 Å². The molecular formula is C66H126O6. The van der Waals surface area contributed by atoms with Crippen molar-refractivity contribution in [2.24, 2.45) is 11.3 Å². The fourth-order valence-electron chi connectivity index (χ4n) is 10.9. The molecule has 0 bridgehead atoms. The Labute approximate surface area is 449 Å². The summed E-state index contributed by atoms with van der Waals surface area (Å²) in [6.07, 6.45) is 80.2. The molecule has 0 amide bonds. The smallest absolute Gasteiger partial charge is 0.309 e. The molecule has 1 unspecified atom stereocenters. The van der Waals surface area contributed by atoms with Crippen molar-refractivity contribution in [3.63, 3.8) is 0 Å². The Balaban J connectivity index is 1.68. The molecule has 0 aromatic carbocycles. The Bertz CT molecular complexity index is 1130. The number of aliphatic hydroxyl groups is 2. The molecule has 72 heavy (non-hydrogen) atoms. The zero-order valence-electron chi connectivity index (χ0n) is 48.5. The van der Waals surface area contributed by atoms with Gasteiger partial charge in [0.1, 0.15) is 13.2 Å². The van der Waals surface area contributed by atoms with E-state index in [-0.39, 0.29) is 19.6 Å². The first-order valence-electron chi connectivity index (χ1n) is 32.8. The topological polar surface area (TPSA) is 93.1 Å². The second kappa shape index (κ2) is 55.8. The van der Waals surface area contributed by atoms with Gasteiger partial charge in [0.05, 0.1) is 31.0 Å². The Morgan fingerprint density at radius 2 is 0.597 bits per heavy atom. The maximum Gasteiger partial charge on any atom is 0.309 e. The van der Waals surface area contributed by atoms with E-state index in [0.717, 1.165) is 19.3 Å². The van der Waals surface area contributed by atoms with Gasteiger partial charge >= 0.3 is 11.9 Å². The summed E-state index contributed by atoms with van der Waals surface area (Å²) in [4.78, 5) is 24.7. The summed E-state index contributed by atoms with van der Waals surface area (Å²) < 4.78 is 10.6. The zero-order valence-corrected chi connectivity index (χ0v) is 48.5. The second-order valence-electron chi connectivity index (χ2n) is 23.5. The highest BCUT2D eigenvalue weighted by Gasteiger charge is 2.36. The van der Waals surface area contributed by atoms with Crippen molar-refractivity contribution in [1.82, 2.24) is 0 Å². The first-order valence-corrected chi connectivity index (χ1v) is 32.8. The van der Waals surface area contributed by atoms with Crippen molar-refractivity contribution in [3.05, 3.63) is 12.2 Å². The molecule has 1 aliphatic rings. The Morgan fingerprint density at radius 3 is 0.861 bits per heavy atom. The molecule has 1 aliphatic heterocycles. The van der Waals surface area contributed by atoms with E-state index in [4.69, 9.17) is 9.47 Å². The van der Waals surface area contributed by atoms with Gasteiger partial charge in [0, 0.05) is 0 Å². The van der Waals surface area contributed by atoms with Crippen LogP contribution in [0.3, 0.4) is 0 Å². The van der Waals surface area contributed by atoms with Gasteiger partial charge in [0.25, 0.3) is 0 Å². The van der Waals surface area contributed by atoms with Crippen LogP contribution >= 0.6 is 0 Å². The number of hydrogen-bond acceptors (Lipinski definition) is 6. The van der Waals surface area contributed by atoms with E-state index < -0.39 is 36.5 Å². The molecule has 6 heteroatoms. The number of unbranched alkanes of at least 4 members (excludes halogenated alkanes) is 51. The second-order valence-corrected chi connectivity index (χ2v) is 23.5. The summed E-state index contributed by atoms with van der Waals surface area (Å²) in [7, 11) is 0. The van der Waals surface area contributed by atoms with Crippen molar-refractivity contribution in [3.8, 4) is 0 Å². The van der Waals surface area contributed by atoms with Crippen LogP contribution in [0.25, 0.3) is 0 Å². The van der Waals surface area contributed by atoms with E-state index in [0.29, 0.717) is 6.42 Å². The van der Waals surface area contributed by atoms with E-state index in [1.165, 1.54) is 321 Å². The number of allylic oxidation sites excluding steroid dienone is 2. The number of aliphatic hydroxyl groups excluding tert-OH is 2. The highest BCUT2D eigenvalue weighted by molar-refractivity contribution is 5.80. The fraction of sp³-hybridized carbons (Fsp3) is 0.939. The van der Waals surface area contributed by atoms with Gasteiger partial charge in [-0.25, -0.2) is 0 Å². The van der Waals surface area contributed by atoms with Crippen LogP contribution < -0.4 is 0 Å². The Morgan fingerprint density at radius 1 is 0.361 bits per heavy atom. The number of hydrogen-bond donors (Lipinski definition) is 2. The number of cyclic esters (lactones) is 2. The summed E-state index contributed by atoms with van der Waals surface area (Å²) in [5, 5.41) is 19.2. The minimum Gasteiger partial charge on any atom is -0.465 e. The molecular weight excluding hydrogens is 889 g/mol. The number of ether oxygens (including phenoxy) is 2. The van der Waals surface area contributed by atoms with Crippen LogP contribution in [0.5, 0.6) is 0 Å². The highest BCUT2D eigenvalue weighted by atomic mass is 16.6. The summed E-state index contributed by atoms with van der Waals surface area (Å²) in [5.74, 6) is -1.40. The summed E-state index contributed by atoms with van der Waals surface area (Å²) in [6.45, 7) is 1.21. The lowest BCUT2D eigenvalue weighted by Gasteiger charge is -2.27. The van der Waals surface area contributed by atoms with Crippen molar-refractivity contribution >= 4 is 11.9 Å². The predicted molar refractivity (Wildman–Crippen MR) is 311 cm³/mol. The van der Waals surface area contributed by atoms with Crippen molar-refractivity contribution in [2.75, 3.05) is 26.4 Å². The molecule has 0 aliphatic carbocycles. The number of esters is 2. The monoisotopic (exact) mass is 1010 g/mol. The maximum absolute atomic E-state index is 12.5. The lowest BCUT2D eigenvalue weighted by molar-refractivity contribution is -0.155. The third kappa shape index (κ3) is 47.1. The number of carbonyl (C=O) groups is 2. The van der Waals surface area contributed by atoms with Crippen LogP contribution in [-0.2, 0) is 19.1 Å². The molecule has 1 heterocycles. The largest absolute Gasteiger partial charge is 0.465 e. The van der Waals surface area contributed by atoms with Gasteiger partial charge in [-0.15, -0.1) is 0 Å². The molecule has 0 radical (unpaired) electrons. The quantitative estimate of drug-likeness (QED) is 0.0358. The summed E-state index contributed by atoms with van der Waals surface area (Å²) in [5.41, 5.74) is -1.12. The molecule has 1 fully saturated rings. The van der Waals surface area contributed by atoms with Gasteiger partial charge in [-0.1, -0.05) is 334 Å². The minimum absolute atomic E-state index is 0.00391. The van der Waals surface area contributed by atoms with Crippen LogP contribution in [0, 0.1) is 11.3 Å². The zero-order chi connectivity index (χ0) is 51.8. The number of carbonyl (C=O) groups excluding carboxylic acids is 2. The van der Waals surface area contributed by atoms with Gasteiger partial charge in [-0.05, 0) is 32.1 Å². The van der Waals surface area contributed by atoms with Crippen LogP contribution in [0.4, 0.5) is 0 Å². The fourth-order valence-corrected chi connectivity index (χ4v) is 10.9. The number of rotatable bonds is 57. The third-order valence-corrected chi connectivity index (χ3v) is 16.3. The van der Waals surface area contributed by atoms with Gasteiger partial charge in [0.2, 0.25) is 0 Å². The van der Waals surface area contributed by atoms with Crippen molar-refractivity contribution in [1.29, 1.82) is 0 Å². The highest BCUT2D eigenvalue weighted by Crippen LogP contribution is 2.25. The standard InChI is InChI=1S/C66H126O6/c1-2-3-4-5-6-7-8-9-10-11-12-13-14-15-16-17-18-19-20-21-22-23-24-25-26-27-28-29-30-31-32-33-34-35-36-37-38-39-40-41-42-43-44-45-46-47-48-49-50-51-52-53-54-55-56-57-63-58-64(69)71-61-66(59-67,60-68)62-72-65(63)70/h35-36,63,67-68H,2-34,37-62H2,1H3/b36-35+. The lowest BCUT2D eigenvalue weighted by Crippen LogP contribution is -2.40. The van der Waals surface area contributed by atoms with E-state index in [2.05, 4.69) is 19.1 Å². The van der Waals surface area contributed by atoms with Gasteiger partial charge in [-0.2, -0.15) is 0 Å². The molecule has 0 saturated carbocycles. The molecule has 6 nitrogen and oxygen atoms in total. The minimum atomic E-state index is -1.12. The molecule has 2 N–H and O–H groups in total. The summed E-state index contributed by atoms with van der Waals surface area (Å²) in [6, 6.07) is 0. The van der Waals surface area contributed by atoms with Crippen LogP contribution in [0.2, 0.25) is 0 Å². The van der Waals surface area contributed by atoms with Gasteiger partial charge in [-0.3, -0.25) is 9.59 Å². The molecule has 0 spiro atoms. The summed E-state index contributed by atoms with van der Waals surface area (Å²) >= 11 is 0. The van der Waals surface area contributed by atoms with Crippen LogP contribution in [0.15, 0.2) is 12.2 Å². The first kappa shape index (κ1) is 68.6. The molecule has 1 saturated heterocycles. The van der Waals surface area contributed by atoms with Crippen molar-refractivity contribution in [2.45, 2.75) is 360 Å². The predicted octanol–water partition coefficient (Wildman–Crippen LogP) is 20.7. The third-order valence-electron chi connectivity index (χ3n) is 16.3. The van der Waals surface area contributed by atoms with E-state index >= 15 is 0 Å². The Hall–Kier alpha value is -1.40. The SMILES string of the molecule is CCCCCCCCCCCCCCCCCCCCCCCCCCCCCCCCCC/C=C/CCCCCCCCCCCCCCCCCCCCCC1CC(=O)OCC(CO)(CO)COC1=O. The normalized spacial score (nSPS) is 15.2. The van der Waals surface area contributed by atoms with Crippen molar-refractivity contribution < 1.29 is 29.3 Å². The van der Waals surface area contributed by atoms with Gasteiger partial charge < -0.3 is 19.7 Å². The first-order chi connectivity index (χ1) is 35.6. The Kier molecular flexibility index (Phi) is 53.2. The van der Waals surface area contributed by atoms with Crippen LogP contribution in [-0.4, -0.2) is 48.6 Å². The van der Waals surface area contributed by atoms with E-state index in [1.54, 1.807) is 0 Å². The average molecular weight is 1020 g/mol. The molecule has 0 aromatic rings. The van der Waals surface area contributed by atoms with Crippen LogP contribution in [0.1, 0.15) is 360 Å². The lowest BCUT2D eigenvalue weighted by atomic mass is 9.92.